The Labute approximate surface area is 122 Å². The molecule has 4 rings (SSSR count). The van der Waals surface area contributed by atoms with E-state index in [-0.39, 0.29) is 6.04 Å². The van der Waals surface area contributed by atoms with Gasteiger partial charge in [0.1, 0.15) is 11.3 Å². The summed E-state index contributed by atoms with van der Waals surface area (Å²) in [5.41, 5.74) is 2.92. The molecule has 0 spiro atoms. The first-order valence-electron chi connectivity index (χ1n) is 6.97. The number of furan rings is 1. The Bertz CT molecular complexity index is 764. The van der Waals surface area contributed by atoms with Gasteiger partial charge in [-0.2, -0.15) is 0 Å². The molecule has 0 saturated carbocycles. The molecule has 1 aromatic carbocycles. The van der Waals surface area contributed by atoms with Crippen molar-refractivity contribution >= 4 is 16.9 Å². The van der Waals surface area contributed by atoms with Crippen molar-refractivity contribution in [1.82, 2.24) is 9.97 Å². The number of nitrogens with one attached hydrogen (secondary N) is 1. The molecule has 0 aliphatic carbocycles. The first-order chi connectivity index (χ1) is 10.3. The van der Waals surface area contributed by atoms with E-state index in [0.29, 0.717) is 19.2 Å². The maximum atomic E-state index is 5.85. The molecule has 3 aromatic rings. The van der Waals surface area contributed by atoms with E-state index >= 15 is 0 Å². The lowest BCUT2D eigenvalue weighted by Crippen LogP contribution is -2.09. The smallest absolute Gasteiger partial charge is 0.223 e. The fraction of sp³-hybridized carbons (Fsp3) is 0.250. The number of rotatable bonds is 3. The summed E-state index contributed by atoms with van der Waals surface area (Å²) in [6, 6.07) is 10.0. The van der Waals surface area contributed by atoms with Gasteiger partial charge in [0.05, 0.1) is 24.9 Å². The van der Waals surface area contributed by atoms with E-state index < -0.39 is 0 Å². The van der Waals surface area contributed by atoms with E-state index in [1.54, 1.807) is 0 Å². The second-order valence-corrected chi connectivity index (χ2v) is 5.21. The summed E-state index contributed by atoms with van der Waals surface area (Å²) in [4.78, 5) is 8.81. The monoisotopic (exact) mass is 281 g/mol. The summed E-state index contributed by atoms with van der Waals surface area (Å²) in [6.45, 7) is 3.20. The minimum atomic E-state index is -0.00206. The average molecular weight is 281 g/mol. The maximum Gasteiger partial charge on any atom is 0.223 e. The topological polar surface area (TPSA) is 60.2 Å². The zero-order valence-corrected chi connectivity index (χ0v) is 11.7. The third-order valence-electron chi connectivity index (χ3n) is 3.67. The Kier molecular flexibility index (Phi) is 2.86. The third kappa shape index (κ3) is 2.25. The van der Waals surface area contributed by atoms with Crippen molar-refractivity contribution < 1.29 is 9.15 Å². The van der Waals surface area contributed by atoms with Crippen molar-refractivity contribution in [3.8, 4) is 0 Å². The molecular weight excluding hydrogens is 266 g/mol. The third-order valence-corrected chi connectivity index (χ3v) is 3.67. The van der Waals surface area contributed by atoms with Gasteiger partial charge in [0.15, 0.2) is 0 Å². The van der Waals surface area contributed by atoms with Crippen molar-refractivity contribution in [2.24, 2.45) is 0 Å². The number of hydrogen-bond acceptors (Lipinski definition) is 5. The molecule has 0 bridgehead atoms. The van der Waals surface area contributed by atoms with Crippen LogP contribution in [0.15, 0.2) is 40.9 Å². The molecule has 0 fully saturated rings. The molecule has 1 atom stereocenters. The summed E-state index contributed by atoms with van der Waals surface area (Å²) in [6.07, 6.45) is 1.82. The highest BCUT2D eigenvalue weighted by Gasteiger charge is 2.16. The molecule has 3 heterocycles. The lowest BCUT2D eigenvalue weighted by atomic mass is 10.2. The van der Waals surface area contributed by atoms with Crippen molar-refractivity contribution in [2.75, 3.05) is 5.32 Å². The van der Waals surface area contributed by atoms with Gasteiger partial charge in [0, 0.05) is 17.1 Å². The largest absolute Gasteiger partial charge is 0.459 e. The van der Waals surface area contributed by atoms with E-state index in [1.807, 2.05) is 43.5 Å². The van der Waals surface area contributed by atoms with Crippen molar-refractivity contribution in [3.63, 3.8) is 0 Å². The number of aromatic nitrogens is 2. The van der Waals surface area contributed by atoms with Crippen LogP contribution in [0.25, 0.3) is 11.0 Å². The average Bonchev–Trinajstić information content (AvgIpc) is 3.13. The van der Waals surface area contributed by atoms with Gasteiger partial charge < -0.3 is 14.5 Å². The number of hydrogen-bond donors (Lipinski definition) is 1. The van der Waals surface area contributed by atoms with E-state index in [1.165, 1.54) is 0 Å². The summed E-state index contributed by atoms with van der Waals surface area (Å²) in [5, 5.41) is 4.38. The van der Waals surface area contributed by atoms with Gasteiger partial charge in [-0.3, -0.25) is 0 Å². The number of fused-ring (bicyclic) bond motifs is 2. The second-order valence-electron chi connectivity index (χ2n) is 5.21. The quantitative estimate of drug-likeness (QED) is 0.797. The first kappa shape index (κ1) is 12.3. The van der Waals surface area contributed by atoms with E-state index in [9.17, 15) is 0 Å². The molecule has 0 amide bonds. The van der Waals surface area contributed by atoms with Gasteiger partial charge in [-0.05, 0) is 19.1 Å². The van der Waals surface area contributed by atoms with Crippen LogP contribution < -0.4 is 5.32 Å². The summed E-state index contributed by atoms with van der Waals surface area (Å²) < 4.78 is 11.2. The second kappa shape index (κ2) is 4.86. The van der Waals surface area contributed by atoms with Gasteiger partial charge in [-0.25, -0.2) is 9.97 Å². The molecule has 1 aliphatic heterocycles. The zero-order chi connectivity index (χ0) is 14.2. The minimum absolute atomic E-state index is 0.00206. The summed E-state index contributed by atoms with van der Waals surface area (Å²) >= 11 is 0. The number of para-hydroxylation sites is 1. The van der Waals surface area contributed by atoms with E-state index in [2.05, 4.69) is 15.3 Å². The summed E-state index contributed by atoms with van der Waals surface area (Å²) in [5.74, 6) is 1.48. The molecule has 5 heteroatoms. The molecular formula is C16H15N3O2. The van der Waals surface area contributed by atoms with Crippen molar-refractivity contribution in [1.29, 1.82) is 0 Å². The Morgan fingerprint density at radius 3 is 3.05 bits per heavy atom. The van der Waals surface area contributed by atoms with Crippen LogP contribution in [0.4, 0.5) is 5.95 Å². The molecule has 106 valence electrons. The SMILES string of the molecule is C[C@@H](Nc1ncc2c(n1)COC2)c1cc2ccccc2o1. The fourth-order valence-corrected chi connectivity index (χ4v) is 2.50. The Balaban J connectivity index is 1.58. The van der Waals surface area contributed by atoms with Gasteiger partial charge in [0.25, 0.3) is 0 Å². The number of nitrogens with zero attached hydrogens (tertiary/aromatic N) is 2. The van der Waals surface area contributed by atoms with Crippen LogP contribution in [0.3, 0.4) is 0 Å². The van der Waals surface area contributed by atoms with Crippen LogP contribution in [0.2, 0.25) is 0 Å². The molecule has 21 heavy (non-hydrogen) atoms. The lowest BCUT2D eigenvalue weighted by molar-refractivity contribution is 0.133. The van der Waals surface area contributed by atoms with Crippen LogP contribution in [-0.4, -0.2) is 9.97 Å². The normalized spacial score (nSPS) is 15.1. The van der Waals surface area contributed by atoms with Crippen LogP contribution in [0.5, 0.6) is 0 Å². The zero-order valence-electron chi connectivity index (χ0n) is 11.7. The Morgan fingerprint density at radius 1 is 1.24 bits per heavy atom. The lowest BCUT2D eigenvalue weighted by Gasteiger charge is -2.11. The minimum Gasteiger partial charge on any atom is -0.459 e. The van der Waals surface area contributed by atoms with Gasteiger partial charge >= 0.3 is 0 Å². The van der Waals surface area contributed by atoms with E-state index in [0.717, 1.165) is 28.0 Å². The van der Waals surface area contributed by atoms with E-state index in [4.69, 9.17) is 9.15 Å². The molecule has 1 aliphatic rings. The predicted molar refractivity (Wildman–Crippen MR) is 78.8 cm³/mol. The highest BCUT2D eigenvalue weighted by molar-refractivity contribution is 5.77. The van der Waals surface area contributed by atoms with Crippen molar-refractivity contribution in [3.05, 3.63) is 53.5 Å². The predicted octanol–water partition coefficient (Wildman–Crippen LogP) is 3.43. The summed E-state index contributed by atoms with van der Waals surface area (Å²) in [7, 11) is 0. The molecule has 5 nitrogen and oxygen atoms in total. The van der Waals surface area contributed by atoms with Gasteiger partial charge in [-0.15, -0.1) is 0 Å². The number of benzene rings is 1. The molecule has 0 saturated heterocycles. The molecule has 0 unspecified atom stereocenters. The number of ether oxygens (including phenoxy) is 1. The first-order valence-corrected chi connectivity index (χ1v) is 6.97. The van der Waals surface area contributed by atoms with Crippen LogP contribution in [0.1, 0.15) is 30.0 Å². The van der Waals surface area contributed by atoms with Crippen molar-refractivity contribution in [2.45, 2.75) is 26.2 Å². The number of anilines is 1. The Hall–Kier alpha value is -2.40. The standard InChI is InChI=1S/C16H15N3O2/c1-10(15-6-11-4-2-3-5-14(11)21-15)18-16-17-7-12-8-20-9-13(12)19-16/h2-7,10H,8-9H2,1H3,(H,17,18,19)/t10-/m1/s1. The maximum absolute atomic E-state index is 5.85. The molecule has 1 N–H and O–H groups in total. The van der Waals surface area contributed by atoms with Crippen LogP contribution in [0, 0.1) is 0 Å². The van der Waals surface area contributed by atoms with Gasteiger partial charge in [0.2, 0.25) is 5.95 Å². The fourth-order valence-electron chi connectivity index (χ4n) is 2.50. The van der Waals surface area contributed by atoms with Crippen LogP contribution in [-0.2, 0) is 18.0 Å². The van der Waals surface area contributed by atoms with Gasteiger partial charge in [-0.1, -0.05) is 18.2 Å². The highest BCUT2D eigenvalue weighted by atomic mass is 16.5. The molecule has 0 radical (unpaired) electrons. The highest BCUT2D eigenvalue weighted by Crippen LogP contribution is 2.26. The van der Waals surface area contributed by atoms with Crippen LogP contribution >= 0.6 is 0 Å². The Morgan fingerprint density at radius 2 is 2.14 bits per heavy atom. The molecule has 2 aromatic heterocycles.